The maximum atomic E-state index is 13.2. The van der Waals surface area contributed by atoms with Crippen LogP contribution >= 0.6 is 11.6 Å². The van der Waals surface area contributed by atoms with E-state index in [1.54, 1.807) is 30.3 Å². The zero-order valence-electron chi connectivity index (χ0n) is 18.1. The monoisotopic (exact) mass is 482 g/mol. The van der Waals surface area contributed by atoms with Gasteiger partial charge in [0.15, 0.2) is 6.10 Å². The highest BCUT2D eigenvalue weighted by atomic mass is 35.5. The molecule has 0 fully saturated rings. The number of ether oxygens (including phenoxy) is 2. The number of halogens is 1. The number of ketones is 1. The average molecular weight is 483 g/mol. The third kappa shape index (κ3) is 5.57. The third-order valence-corrected chi connectivity index (χ3v) is 5.06. The SMILES string of the molecule is COc1cc(NC(C)=O)c(Cl)cc1C(=O)O[C@@H](C(=O)c1ccccc1)c1ccc([N+](=O)[O-])cc1. The first-order chi connectivity index (χ1) is 16.2. The minimum atomic E-state index is -1.39. The molecule has 3 rings (SSSR count). The van der Waals surface area contributed by atoms with Crippen LogP contribution in [0.4, 0.5) is 11.4 Å². The molecular formula is C24H19ClN2O7. The summed E-state index contributed by atoms with van der Waals surface area (Å²) < 4.78 is 10.8. The minimum Gasteiger partial charge on any atom is -0.496 e. The molecule has 0 aliphatic heterocycles. The molecule has 3 aromatic rings. The van der Waals surface area contributed by atoms with Gasteiger partial charge in [0.25, 0.3) is 5.69 Å². The van der Waals surface area contributed by atoms with Gasteiger partial charge in [0.05, 0.1) is 22.7 Å². The normalized spacial score (nSPS) is 11.3. The lowest BCUT2D eigenvalue weighted by atomic mass is 9.99. The number of rotatable bonds is 8. The maximum absolute atomic E-state index is 13.2. The van der Waals surface area contributed by atoms with Crippen molar-refractivity contribution in [2.75, 3.05) is 12.4 Å². The zero-order chi connectivity index (χ0) is 24.8. The van der Waals surface area contributed by atoms with E-state index in [4.69, 9.17) is 21.1 Å². The summed E-state index contributed by atoms with van der Waals surface area (Å²) in [6, 6.07) is 15.9. The van der Waals surface area contributed by atoms with Crippen molar-refractivity contribution in [1.29, 1.82) is 0 Å². The molecule has 1 amide bonds. The molecule has 0 radical (unpaired) electrons. The number of carbonyl (C=O) groups excluding carboxylic acids is 3. The topological polar surface area (TPSA) is 125 Å². The number of non-ortho nitro benzene ring substituents is 1. The van der Waals surface area contributed by atoms with E-state index in [0.29, 0.717) is 0 Å². The van der Waals surface area contributed by atoms with Crippen LogP contribution in [0.1, 0.15) is 39.3 Å². The molecular weight excluding hydrogens is 464 g/mol. The minimum absolute atomic E-state index is 0.0595. The van der Waals surface area contributed by atoms with Crippen molar-refractivity contribution in [3.8, 4) is 5.75 Å². The Morgan fingerprint density at radius 1 is 1.03 bits per heavy atom. The predicted molar refractivity (Wildman–Crippen MR) is 124 cm³/mol. The smallest absolute Gasteiger partial charge is 0.343 e. The number of hydrogen-bond donors (Lipinski definition) is 1. The van der Waals surface area contributed by atoms with E-state index in [1.165, 1.54) is 50.4 Å². The lowest BCUT2D eigenvalue weighted by Crippen LogP contribution is -2.21. The van der Waals surface area contributed by atoms with Crippen LogP contribution in [0.15, 0.2) is 66.7 Å². The van der Waals surface area contributed by atoms with Crippen LogP contribution in [0.3, 0.4) is 0 Å². The Morgan fingerprint density at radius 3 is 2.24 bits per heavy atom. The van der Waals surface area contributed by atoms with Gasteiger partial charge in [-0.05, 0) is 18.2 Å². The van der Waals surface area contributed by atoms with Crippen LogP contribution in [0.5, 0.6) is 5.75 Å². The van der Waals surface area contributed by atoms with Crippen molar-refractivity contribution in [3.05, 3.63) is 98.6 Å². The number of nitro benzene ring substituents is 1. The second-order valence-electron chi connectivity index (χ2n) is 7.08. The van der Waals surface area contributed by atoms with Gasteiger partial charge in [-0.15, -0.1) is 0 Å². The summed E-state index contributed by atoms with van der Waals surface area (Å²) in [4.78, 5) is 48.1. The molecule has 1 N–H and O–H groups in total. The Hall–Kier alpha value is -4.24. The van der Waals surface area contributed by atoms with Crippen molar-refractivity contribution in [2.45, 2.75) is 13.0 Å². The Labute approximate surface area is 199 Å². The first-order valence-electron chi connectivity index (χ1n) is 9.91. The zero-order valence-corrected chi connectivity index (χ0v) is 18.9. The first-order valence-corrected chi connectivity index (χ1v) is 10.3. The van der Waals surface area contributed by atoms with Gasteiger partial charge in [-0.3, -0.25) is 19.7 Å². The van der Waals surface area contributed by atoms with Crippen LogP contribution < -0.4 is 10.1 Å². The van der Waals surface area contributed by atoms with E-state index >= 15 is 0 Å². The number of carbonyl (C=O) groups is 3. The Balaban J connectivity index is 2.00. The van der Waals surface area contributed by atoms with Crippen LogP contribution in [-0.2, 0) is 9.53 Å². The van der Waals surface area contributed by atoms with E-state index in [0.717, 1.165) is 0 Å². The van der Waals surface area contributed by atoms with Gasteiger partial charge in [-0.1, -0.05) is 41.9 Å². The molecule has 0 aromatic heterocycles. The Morgan fingerprint density at radius 2 is 1.68 bits per heavy atom. The highest BCUT2D eigenvalue weighted by Crippen LogP contribution is 2.33. The summed E-state index contributed by atoms with van der Waals surface area (Å²) in [7, 11) is 1.32. The Bertz CT molecular complexity index is 1240. The van der Waals surface area contributed by atoms with Gasteiger partial charge in [-0.2, -0.15) is 0 Å². The van der Waals surface area contributed by atoms with Gasteiger partial charge in [0, 0.05) is 36.2 Å². The number of esters is 1. The average Bonchev–Trinajstić information content (AvgIpc) is 2.83. The van der Waals surface area contributed by atoms with Crippen molar-refractivity contribution < 1.29 is 28.8 Å². The van der Waals surface area contributed by atoms with E-state index in [9.17, 15) is 24.5 Å². The number of benzene rings is 3. The summed E-state index contributed by atoms with van der Waals surface area (Å²) in [6.45, 7) is 1.30. The number of nitro groups is 1. The number of amides is 1. The summed E-state index contributed by atoms with van der Waals surface area (Å²) in [6.07, 6.45) is -1.39. The first kappa shape index (κ1) is 24.4. The molecule has 0 aliphatic rings. The fourth-order valence-corrected chi connectivity index (χ4v) is 3.35. The summed E-state index contributed by atoms with van der Waals surface area (Å²) in [5, 5.41) is 13.6. The van der Waals surface area contributed by atoms with E-state index in [1.807, 2.05) is 0 Å². The van der Waals surface area contributed by atoms with Gasteiger partial charge in [0.1, 0.15) is 11.3 Å². The second-order valence-corrected chi connectivity index (χ2v) is 7.48. The largest absolute Gasteiger partial charge is 0.496 e. The summed E-state index contributed by atoms with van der Waals surface area (Å²) in [5.41, 5.74) is 0.504. The van der Waals surface area contributed by atoms with E-state index < -0.39 is 22.8 Å². The number of Topliss-reactive ketones (excluding diaryl/α,β-unsaturated/α-hetero) is 1. The molecule has 9 nitrogen and oxygen atoms in total. The number of hydrogen-bond acceptors (Lipinski definition) is 7. The quantitative estimate of drug-likeness (QED) is 0.207. The van der Waals surface area contributed by atoms with Gasteiger partial charge in [-0.25, -0.2) is 4.79 Å². The van der Waals surface area contributed by atoms with E-state index in [2.05, 4.69) is 5.32 Å². The highest BCUT2D eigenvalue weighted by Gasteiger charge is 2.29. The van der Waals surface area contributed by atoms with Crippen LogP contribution in [-0.4, -0.2) is 29.7 Å². The highest BCUT2D eigenvalue weighted by molar-refractivity contribution is 6.34. The number of anilines is 1. The molecule has 0 unspecified atom stereocenters. The Kier molecular flexibility index (Phi) is 7.60. The lowest BCUT2D eigenvalue weighted by molar-refractivity contribution is -0.384. The van der Waals surface area contributed by atoms with Gasteiger partial charge < -0.3 is 14.8 Å². The summed E-state index contributed by atoms with van der Waals surface area (Å²) >= 11 is 6.20. The van der Waals surface area contributed by atoms with E-state index in [-0.39, 0.29) is 44.7 Å². The van der Waals surface area contributed by atoms with Crippen LogP contribution in [0, 0.1) is 10.1 Å². The van der Waals surface area contributed by atoms with Crippen LogP contribution in [0.25, 0.3) is 0 Å². The standard InChI is InChI=1S/C24H19ClN2O7/c1-14(28)26-20-13-21(33-2)18(12-19(20)25)24(30)34-23(22(29)15-6-4-3-5-7-15)16-8-10-17(11-9-16)27(31)32/h3-13,23H,1-2H3,(H,26,28)/t23-/m1/s1. The molecule has 0 bridgehead atoms. The molecule has 10 heteroatoms. The maximum Gasteiger partial charge on any atom is 0.343 e. The van der Waals surface area contributed by atoms with Crippen molar-refractivity contribution in [1.82, 2.24) is 0 Å². The summed E-state index contributed by atoms with van der Waals surface area (Å²) in [5.74, 6) is -1.75. The molecule has 174 valence electrons. The van der Waals surface area contributed by atoms with Crippen molar-refractivity contribution >= 4 is 40.6 Å². The van der Waals surface area contributed by atoms with Crippen molar-refractivity contribution in [2.24, 2.45) is 0 Å². The molecule has 1 atom stereocenters. The molecule has 3 aromatic carbocycles. The van der Waals surface area contributed by atoms with Gasteiger partial charge >= 0.3 is 5.97 Å². The fourth-order valence-electron chi connectivity index (χ4n) is 3.14. The second kappa shape index (κ2) is 10.6. The number of methoxy groups -OCH3 is 1. The molecule has 0 heterocycles. The molecule has 0 saturated carbocycles. The number of nitrogens with zero attached hydrogens (tertiary/aromatic N) is 1. The molecule has 0 spiro atoms. The molecule has 0 aliphatic carbocycles. The lowest BCUT2D eigenvalue weighted by Gasteiger charge is -2.19. The molecule has 0 saturated heterocycles. The fraction of sp³-hybridized carbons (Fsp3) is 0.125. The number of nitrogens with one attached hydrogen (secondary N) is 1. The third-order valence-electron chi connectivity index (χ3n) is 4.75. The van der Waals surface area contributed by atoms with Crippen molar-refractivity contribution in [3.63, 3.8) is 0 Å². The van der Waals surface area contributed by atoms with Gasteiger partial charge in [0.2, 0.25) is 11.7 Å². The van der Waals surface area contributed by atoms with Crippen LogP contribution in [0.2, 0.25) is 5.02 Å². The molecule has 34 heavy (non-hydrogen) atoms. The predicted octanol–water partition coefficient (Wildman–Crippen LogP) is 5.00.